The lowest BCUT2D eigenvalue weighted by Gasteiger charge is -2.32. The molecule has 116 valence electrons. The summed E-state index contributed by atoms with van der Waals surface area (Å²) in [6, 6.07) is 4.52. The first-order valence-corrected chi connectivity index (χ1v) is 7.09. The van der Waals surface area contributed by atoms with Gasteiger partial charge in [0.15, 0.2) is 0 Å². The first kappa shape index (κ1) is 15.9. The van der Waals surface area contributed by atoms with E-state index in [9.17, 15) is 9.90 Å². The van der Waals surface area contributed by atoms with Crippen LogP contribution in [-0.4, -0.2) is 43.6 Å². The number of rotatable bonds is 4. The Labute approximate surface area is 128 Å². The second-order valence-corrected chi connectivity index (χ2v) is 5.43. The van der Waals surface area contributed by atoms with Crippen LogP contribution < -0.4 is 15.4 Å². The van der Waals surface area contributed by atoms with Gasteiger partial charge in [-0.25, -0.2) is 4.79 Å². The third kappa shape index (κ3) is 4.49. The fraction of sp³-hybridized carbons (Fsp3) is 0.500. The summed E-state index contributed by atoms with van der Waals surface area (Å²) in [4.78, 5) is 11.9. The van der Waals surface area contributed by atoms with Crippen molar-refractivity contribution in [2.24, 2.45) is 0 Å². The first-order chi connectivity index (χ1) is 10.0. The molecule has 0 aliphatic carbocycles. The summed E-state index contributed by atoms with van der Waals surface area (Å²) in [5.41, 5.74) is -0.435. The van der Waals surface area contributed by atoms with Crippen molar-refractivity contribution in [3.8, 4) is 5.75 Å². The molecular formula is C14H19ClN2O4. The maximum atomic E-state index is 11.9. The predicted octanol–water partition coefficient (Wildman–Crippen LogP) is 2.01. The number of hydrogen-bond acceptors (Lipinski definition) is 4. The van der Waals surface area contributed by atoms with Crippen LogP contribution in [0.4, 0.5) is 10.5 Å². The highest BCUT2D eigenvalue weighted by Crippen LogP contribution is 2.27. The molecule has 1 fully saturated rings. The zero-order valence-electron chi connectivity index (χ0n) is 11.8. The molecule has 1 aliphatic heterocycles. The highest BCUT2D eigenvalue weighted by Gasteiger charge is 2.30. The third-order valence-corrected chi connectivity index (χ3v) is 3.65. The van der Waals surface area contributed by atoms with Crippen LogP contribution in [0.15, 0.2) is 18.2 Å². The SMILES string of the molecule is COc1ccc(Cl)cc1NC(=O)NCC1(O)CCOCC1. The van der Waals surface area contributed by atoms with E-state index in [1.165, 1.54) is 7.11 Å². The van der Waals surface area contributed by atoms with Gasteiger partial charge in [0.25, 0.3) is 0 Å². The average Bonchev–Trinajstić information content (AvgIpc) is 2.46. The Morgan fingerprint density at radius 2 is 2.19 bits per heavy atom. The zero-order chi connectivity index (χ0) is 15.3. The molecule has 0 atom stereocenters. The van der Waals surface area contributed by atoms with Crippen LogP contribution >= 0.6 is 11.6 Å². The Bertz CT molecular complexity index is 504. The summed E-state index contributed by atoms with van der Waals surface area (Å²) in [6.45, 7) is 1.18. The Hall–Kier alpha value is -1.50. The highest BCUT2D eigenvalue weighted by atomic mass is 35.5. The molecule has 1 saturated heterocycles. The molecule has 0 aromatic heterocycles. The van der Waals surface area contributed by atoms with Crippen molar-refractivity contribution < 1.29 is 19.4 Å². The van der Waals surface area contributed by atoms with E-state index in [1.54, 1.807) is 18.2 Å². The molecule has 0 spiro atoms. The van der Waals surface area contributed by atoms with Crippen LogP contribution in [0, 0.1) is 0 Å². The molecule has 0 radical (unpaired) electrons. The summed E-state index contributed by atoms with van der Waals surface area (Å²) < 4.78 is 10.3. The number of halogens is 1. The van der Waals surface area contributed by atoms with Crippen molar-refractivity contribution in [2.45, 2.75) is 18.4 Å². The third-order valence-electron chi connectivity index (χ3n) is 3.41. The maximum absolute atomic E-state index is 11.9. The van der Waals surface area contributed by atoms with Crippen molar-refractivity contribution in [2.75, 3.05) is 32.2 Å². The number of carbonyl (C=O) groups excluding carboxylic acids is 1. The van der Waals surface area contributed by atoms with E-state index >= 15 is 0 Å². The number of anilines is 1. The van der Waals surface area contributed by atoms with Crippen molar-refractivity contribution >= 4 is 23.3 Å². The van der Waals surface area contributed by atoms with Gasteiger partial charge in [-0.1, -0.05) is 11.6 Å². The smallest absolute Gasteiger partial charge is 0.319 e. The topological polar surface area (TPSA) is 79.8 Å². The second-order valence-electron chi connectivity index (χ2n) is 4.99. The van der Waals surface area contributed by atoms with Crippen LogP contribution in [0.5, 0.6) is 5.75 Å². The van der Waals surface area contributed by atoms with Gasteiger partial charge in [-0.05, 0) is 18.2 Å². The average molecular weight is 315 g/mol. The number of urea groups is 1. The predicted molar refractivity (Wildman–Crippen MR) is 80.0 cm³/mol. The minimum Gasteiger partial charge on any atom is -0.495 e. The van der Waals surface area contributed by atoms with E-state index in [2.05, 4.69) is 10.6 Å². The van der Waals surface area contributed by atoms with E-state index in [4.69, 9.17) is 21.1 Å². The molecule has 21 heavy (non-hydrogen) atoms. The molecule has 7 heteroatoms. The van der Waals surface area contributed by atoms with Crippen molar-refractivity contribution in [3.63, 3.8) is 0 Å². The van der Waals surface area contributed by atoms with E-state index in [-0.39, 0.29) is 6.54 Å². The number of carbonyl (C=O) groups is 1. The normalized spacial score (nSPS) is 17.1. The van der Waals surface area contributed by atoms with Crippen molar-refractivity contribution in [1.82, 2.24) is 5.32 Å². The number of benzene rings is 1. The van der Waals surface area contributed by atoms with Crippen LogP contribution in [-0.2, 0) is 4.74 Å². The lowest BCUT2D eigenvalue weighted by Crippen LogP contribution is -2.47. The number of aliphatic hydroxyl groups is 1. The van der Waals surface area contributed by atoms with Crippen molar-refractivity contribution in [1.29, 1.82) is 0 Å². The molecule has 1 aromatic carbocycles. The number of methoxy groups -OCH3 is 1. The van der Waals surface area contributed by atoms with E-state index in [1.807, 2.05) is 0 Å². The van der Waals surface area contributed by atoms with Gasteiger partial charge in [0.1, 0.15) is 5.75 Å². The maximum Gasteiger partial charge on any atom is 0.319 e. The summed E-state index contributed by atoms with van der Waals surface area (Å²) in [6.07, 6.45) is 1.02. The Morgan fingerprint density at radius 3 is 2.86 bits per heavy atom. The monoisotopic (exact) mass is 314 g/mol. The number of nitrogens with one attached hydrogen (secondary N) is 2. The van der Waals surface area contributed by atoms with Crippen LogP contribution in [0.25, 0.3) is 0 Å². The van der Waals surface area contributed by atoms with Crippen LogP contribution in [0.1, 0.15) is 12.8 Å². The van der Waals surface area contributed by atoms with Crippen molar-refractivity contribution in [3.05, 3.63) is 23.2 Å². The summed E-state index contributed by atoms with van der Waals surface area (Å²) in [5, 5.41) is 16.1. The Balaban J connectivity index is 1.91. The molecular weight excluding hydrogens is 296 g/mol. The number of hydrogen-bond donors (Lipinski definition) is 3. The van der Waals surface area contributed by atoms with E-state index in [0.717, 1.165) is 0 Å². The van der Waals surface area contributed by atoms with Gasteiger partial charge in [0, 0.05) is 37.6 Å². The second kappa shape index (κ2) is 6.98. The van der Waals surface area contributed by atoms with Crippen LogP contribution in [0.2, 0.25) is 5.02 Å². The first-order valence-electron chi connectivity index (χ1n) is 6.71. The van der Waals surface area contributed by atoms with E-state index in [0.29, 0.717) is 42.5 Å². The number of amides is 2. The van der Waals surface area contributed by atoms with Gasteiger partial charge in [-0.2, -0.15) is 0 Å². The largest absolute Gasteiger partial charge is 0.495 e. The fourth-order valence-corrected chi connectivity index (χ4v) is 2.29. The zero-order valence-corrected chi connectivity index (χ0v) is 12.6. The number of ether oxygens (including phenoxy) is 2. The molecule has 1 heterocycles. The van der Waals surface area contributed by atoms with Gasteiger partial charge in [-0.3, -0.25) is 0 Å². The Morgan fingerprint density at radius 1 is 1.48 bits per heavy atom. The molecule has 1 aliphatic rings. The molecule has 3 N–H and O–H groups in total. The molecule has 0 bridgehead atoms. The molecule has 0 unspecified atom stereocenters. The fourth-order valence-electron chi connectivity index (χ4n) is 2.12. The minimum atomic E-state index is -0.909. The Kier molecular flexibility index (Phi) is 5.27. The van der Waals surface area contributed by atoms with Gasteiger partial charge in [0.05, 0.1) is 18.4 Å². The summed E-state index contributed by atoms with van der Waals surface area (Å²) in [7, 11) is 1.51. The molecule has 1 aromatic rings. The lowest BCUT2D eigenvalue weighted by atomic mass is 9.94. The molecule has 2 amide bonds. The molecule has 6 nitrogen and oxygen atoms in total. The van der Waals surface area contributed by atoms with Gasteiger partial charge < -0.3 is 25.2 Å². The van der Waals surface area contributed by atoms with E-state index < -0.39 is 11.6 Å². The van der Waals surface area contributed by atoms with Gasteiger partial charge in [-0.15, -0.1) is 0 Å². The summed E-state index contributed by atoms with van der Waals surface area (Å²) >= 11 is 5.90. The van der Waals surface area contributed by atoms with Gasteiger partial charge in [0.2, 0.25) is 0 Å². The van der Waals surface area contributed by atoms with Crippen LogP contribution in [0.3, 0.4) is 0 Å². The standard InChI is InChI=1S/C14H19ClN2O4/c1-20-12-3-2-10(15)8-11(12)17-13(18)16-9-14(19)4-6-21-7-5-14/h2-3,8,19H,4-7,9H2,1H3,(H2,16,17,18). The molecule has 0 saturated carbocycles. The quantitative estimate of drug-likeness (QED) is 0.794. The minimum absolute atomic E-state index is 0.172. The summed E-state index contributed by atoms with van der Waals surface area (Å²) in [5.74, 6) is 0.513. The van der Waals surface area contributed by atoms with Gasteiger partial charge >= 0.3 is 6.03 Å². The molecule has 2 rings (SSSR count). The highest BCUT2D eigenvalue weighted by molar-refractivity contribution is 6.31. The lowest BCUT2D eigenvalue weighted by molar-refractivity contribution is -0.0598.